The predicted molar refractivity (Wildman–Crippen MR) is 126 cm³/mol. The Kier molecular flexibility index (Phi) is 4.81. The van der Waals surface area contributed by atoms with Gasteiger partial charge in [-0.3, -0.25) is 14.4 Å². The number of hydrogen-bond acceptors (Lipinski definition) is 5. The summed E-state index contributed by atoms with van der Waals surface area (Å²) in [6.45, 7) is 10.5. The van der Waals surface area contributed by atoms with Crippen molar-refractivity contribution >= 4 is 28.6 Å². The minimum Gasteiger partial charge on any atom is -0.458 e. The van der Waals surface area contributed by atoms with Crippen molar-refractivity contribution in [1.82, 2.24) is 0 Å². The summed E-state index contributed by atoms with van der Waals surface area (Å²) in [6.07, 6.45) is 14.2. The molecule has 0 aromatic carbocycles. The predicted octanol–water partition coefficient (Wildman–Crippen LogP) is 5.43. The van der Waals surface area contributed by atoms with Crippen LogP contribution in [-0.2, 0) is 19.1 Å². The summed E-state index contributed by atoms with van der Waals surface area (Å²) < 4.78 is 6.04. The standard InChI is InChI=1S/C27H34O4S/c1-24(2,3)23(30)32-20-15-16-14-17(28)6-10-25(16,4)18-7-11-26(5)19(22(18)20)8-12-27(26)13-9-21(29)31-27/h6-7,10-11,14,18-20,22H,8-9,12-13,15H2,1-5H3/t18?,19?,20?,22-,25+,26+,27-/m1/s1. The Hall–Kier alpha value is -1.62. The first-order chi connectivity index (χ1) is 14.9. The van der Waals surface area contributed by atoms with Crippen LogP contribution in [0.1, 0.15) is 66.7 Å². The van der Waals surface area contributed by atoms with Crippen LogP contribution in [0.25, 0.3) is 0 Å². The van der Waals surface area contributed by atoms with E-state index in [2.05, 4.69) is 32.1 Å². The smallest absolute Gasteiger partial charge is 0.306 e. The normalized spacial score (nSPS) is 44.7. The molecule has 0 amide bonds. The minimum absolute atomic E-state index is 0.0455. The number of carbonyl (C=O) groups is 3. The molecule has 0 aromatic rings. The highest BCUT2D eigenvalue weighted by atomic mass is 32.2. The van der Waals surface area contributed by atoms with E-state index in [0.717, 1.165) is 31.3 Å². The lowest BCUT2D eigenvalue weighted by Crippen LogP contribution is -2.55. The van der Waals surface area contributed by atoms with Crippen molar-refractivity contribution in [2.75, 3.05) is 0 Å². The summed E-state index contributed by atoms with van der Waals surface area (Å²) in [4.78, 5) is 37.5. The zero-order chi connectivity index (χ0) is 23.1. The summed E-state index contributed by atoms with van der Waals surface area (Å²) >= 11 is 1.49. The van der Waals surface area contributed by atoms with E-state index in [0.29, 0.717) is 18.3 Å². The third kappa shape index (κ3) is 2.99. The van der Waals surface area contributed by atoms with Crippen molar-refractivity contribution in [3.05, 3.63) is 36.0 Å². The average molecular weight is 455 g/mol. The van der Waals surface area contributed by atoms with Gasteiger partial charge in [0.2, 0.25) is 0 Å². The highest BCUT2D eigenvalue weighted by Crippen LogP contribution is 2.68. The van der Waals surface area contributed by atoms with Crippen LogP contribution in [0.2, 0.25) is 0 Å². The molecule has 0 aromatic heterocycles. The number of rotatable bonds is 1. The molecule has 4 aliphatic carbocycles. The first-order valence-electron chi connectivity index (χ1n) is 12.0. The van der Waals surface area contributed by atoms with Crippen molar-refractivity contribution < 1.29 is 19.1 Å². The van der Waals surface area contributed by atoms with E-state index < -0.39 is 11.0 Å². The van der Waals surface area contributed by atoms with Gasteiger partial charge in [-0.05, 0) is 55.6 Å². The Morgan fingerprint density at radius 1 is 1.16 bits per heavy atom. The molecule has 3 fully saturated rings. The molecule has 1 spiro atoms. The van der Waals surface area contributed by atoms with Crippen molar-refractivity contribution in [3.63, 3.8) is 0 Å². The maximum absolute atomic E-state index is 13.2. The molecule has 1 heterocycles. The van der Waals surface area contributed by atoms with E-state index >= 15 is 0 Å². The lowest BCUT2D eigenvalue weighted by Gasteiger charge is -2.57. The van der Waals surface area contributed by atoms with Crippen LogP contribution in [0.4, 0.5) is 0 Å². The molecule has 0 radical (unpaired) electrons. The third-order valence-electron chi connectivity index (χ3n) is 9.20. The number of hydrogen-bond donors (Lipinski definition) is 0. The summed E-state index contributed by atoms with van der Waals surface area (Å²) in [7, 11) is 0. The number of fused-ring (bicyclic) bond motifs is 6. The first kappa shape index (κ1) is 22.2. The second kappa shape index (κ2) is 6.94. The second-order valence-corrected chi connectivity index (χ2v) is 13.2. The number of carbonyl (C=O) groups excluding carboxylic acids is 3. The van der Waals surface area contributed by atoms with Crippen molar-refractivity contribution in [3.8, 4) is 0 Å². The number of ether oxygens (including phenoxy) is 1. The van der Waals surface area contributed by atoms with E-state index in [-0.39, 0.29) is 38.9 Å². The third-order valence-corrected chi connectivity index (χ3v) is 10.8. The minimum atomic E-state index is -0.413. The maximum Gasteiger partial charge on any atom is 0.306 e. The first-order valence-corrected chi connectivity index (χ1v) is 12.8. The van der Waals surface area contributed by atoms with Gasteiger partial charge in [0.15, 0.2) is 10.9 Å². The Labute approximate surface area is 195 Å². The Morgan fingerprint density at radius 2 is 1.91 bits per heavy atom. The second-order valence-electron chi connectivity index (χ2n) is 11.9. The molecule has 2 saturated carbocycles. The van der Waals surface area contributed by atoms with Gasteiger partial charge in [-0.2, -0.15) is 0 Å². The van der Waals surface area contributed by atoms with E-state index in [1.165, 1.54) is 11.8 Å². The molecule has 172 valence electrons. The fourth-order valence-corrected chi connectivity index (χ4v) is 8.65. The molecule has 7 atom stereocenters. The maximum atomic E-state index is 13.2. The highest BCUT2D eigenvalue weighted by Gasteiger charge is 2.67. The van der Waals surface area contributed by atoms with Gasteiger partial charge in [-0.15, -0.1) is 0 Å². The van der Waals surface area contributed by atoms with Gasteiger partial charge in [0.25, 0.3) is 0 Å². The van der Waals surface area contributed by atoms with Gasteiger partial charge in [0.05, 0.1) is 0 Å². The molecule has 5 heteroatoms. The number of thioether (sulfide) groups is 1. The lowest BCUT2D eigenvalue weighted by molar-refractivity contribution is -0.157. The topological polar surface area (TPSA) is 60.4 Å². The van der Waals surface area contributed by atoms with Crippen molar-refractivity contribution in [2.45, 2.75) is 77.6 Å². The SMILES string of the molecule is CC(C)(C)C(=O)SC1CC2=CC(=O)C=C[C@]2(C)C2C=C[C@@]3(C)C(CC[C@@]34CCC(=O)O4)[C@H]12. The molecular formula is C27H34O4S. The molecule has 5 aliphatic rings. The zero-order valence-corrected chi connectivity index (χ0v) is 20.6. The molecule has 1 aliphatic heterocycles. The van der Waals surface area contributed by atoms with Gasteiger partial charge in [-0.1, -0.05) is 70.2 Å². The van der Waals surface area contributed by atoms with Crippen LogP contribution in [-0.4, -0.2) is 27.7 Å². The summed E-state index contributed by atoms with van der Waals surface area (Å²) in [6, 6.07) is 0. The van der Waals surface area contributed by atoms with Gasteiger partial charge in [0, 0.05) is 27.9 Å². The van der Waals surface area contributed by atoms with Gasteiger partial charge >= 0.3 is 5.97 Å². The van der Waals surface area contributed by atoms with E-state index in [9.17, 15) is 14.4 Å². The van der Waals surface area contributed by atoms with Crippen LogP contribution in [0, 0.1) is 34.0 Å². The lowest BCUT2D eigenvalue weighted by atomic mass is 9.49. The van der Waals surface area contributed by atoms with E-state index in [4.69, 9.17) is 4.74 Å². The van der Waals surface area contributed by atoms with Crippen molar-refractivity contribution in [1.29, 1.82) is 0 Å². The van der Waals surface area contributed by atoms with Crippen LogP contribution in [0.15, 0.2) is 36.0 Å². The van der Waals surface area contributed by atoms with Crippen molar-refractivity contribution in [2.24, 2.45) is 34.0 Å². The number of esters is 1. The molecular weight excluding hydrogens is 420 g/mol. The van der Waals surface area contributed by atoms with Crippen LogP contribution in [0.3, 0.4) is 0 Å². The summed E-state index contributed by atoms with van der Waals surface area (Å²) in [5.74, 6) is 0.829. The largest absolute Gasteiger partial charge is 0.458 e. The monoisotopic (exact) mass is 454 g/mol. The number of ketones is 1. The zero-order valence-electron chi connectivity index (χ0n) is 19.8. The molecule has 1 saturated heterocycles. The molecule has 32 heavy (non-hydrogen) atoms. The Morgan fingerprint density at radius 3 is 2.56 bits per heavy atom. The molecule has 4 nitrogen and oxygen atoms in total. The molecule has 0 bridgehead atoms. The molecule has 3 unspecified atom stereocenters. The van der Waals surface area contributed by atoms with E-state index in [1.54, 1.807) is 6.08 Å². The Bertz CT molecular complexity index is 984. The quantitative estimate of drug-likeness (QED) is 0.390. The Balaban J connectivity index is 1.59. The van der Waals surface area contributed by atoms with Crippen LogP contribution < -0.4 is 0 Å². The van der Waals surface area contributed by atoms with Gasteiger partial charge in [0.1, 0.15) is 5.60 Å². The fourth-order valence-electron chi connectivity index (χ4n) is 7.24. The van der Waals surface area contributed by atoms with Gasteiger partial charge in [-0.25, -0.2) is 0 Å². The fraction of sp³-hybridized carbons (Fsp3) is 0.667. The summed E-state index contributed by atoms with van der Waals surface area (Å²) in [5, 5.41) is 0.325. The molecule has 0 N–H and O–H groups in total. The average Bonchev–Trinajstić information content (AvgIpc) is 3.23. The van der Waals surface area contributed by atoms with Crippen LogP contribution in [0.5, 0.6) is 0 Å². The summed E-state index contributed by atoms with van der Waals surface area (Å²) in [5.41, 5.74) is -0.0903. The van der Waals surface area contributed by atoms with Gasteiger partial charge < -0.3 is 4.74 Å². The van der Waals surface area contributed by atoms with Crippen LogP contribution >= 0.6 is 11.8 Å². The van der Waals surface area contributed by atoms with E-state index in [1.807, 2.05) is 26.8 Å². The molecule has 5 rings (SSSR count). The highest BCUT2D eigenvalue weighted by molar-refractivity contribution is 8.14. The number of allylic oxidation sites excluding steroid dienone is 5.